The Hall–Kier alpha value is -0.820. The summed E-state index contributed by atoms with van der Waals surface area (Å²) in [5.41, 5.74) is 5.16. The first kappa shape index (κ1) is 15.2. The summed E-state index contributed by atoms with van der Waals surface area (Å²) in [6.07, 6.45) is 7.63. The molecule has 1 nitrogen and oxygen atoms in total. The fraction of sp³-hybridized carbons (Fsp3) is 0.600. The number of hydrogen-bond acceptors (Lipinski definition) is 1. The van der Waals surface area contributed by atoms with Crippen molar-refractivity contribution in [2.75, 3.05) is 6.61 Å². The molecule has 0 aliphatic carbocycles. The lowest BCUT2D eigenvalue weighted by Gasteiger charge is -2.04. The van der Waals surface area contributed by atoms with E-state index in [1.54, 1.807) is 0 Å². The van der Waals surface area contributed by atoms with Gasteiger partial charge in [-0.25, -0.2) is 0 Å². The van der Waals surface area contributed by atoms with Gasteiger partial charge in [-0.3, -0.25) is 0 Å². The van der Waals surface area contributed by atoms with Crippen molar-refractivity contribution in [2.24, 2.45) is 0 Å². The van der Waals surface area contributed by atoms with E-state index in [2.05, 4.69) is 46.8 Å². The second-order valence-electron chi connectivity index (χ2n) is 4.84. The van der Waals surface area contributed by atoms with Crippen LogP contribution in [0.1, 0.15) is 53.9 Å². The topological polar surface area (TPSA) is 20.2 Å². The van der Waals surface area contributed by atoms with Crippen LogP contribution in [0.2, 0.25) is 0 Å². The number of rotatable bonds is 6. The van der Waals surface area contributed by atoms with Gasteiger partial charge in [-0.1, -0.05) is 28.9 Å². The van der Waals surface area contributed by atoms with E-state index < -0.39 is 0 Å². The van der Waals surface area contributed by atoms with Crippen LogP contribution in [0.15, 0.2) is 34.4 Å². The minimum absolute atomic E-state index is 0.181. The maximum atomic E-state index is 9.16. The second-order valence-corrected chi connectivity index (χ2v) is 4.84. The average Bonchev–Trinajstić information content (AvgIpc) is 2.17. The normalized spacial score (nSPS) is 11.2. The lowest BCUT2D eigenvalue weighted by Crippen LogP contribution is -1.92. The highest BCUT2D eigenvalue weighted by molar-refractivity contribution is 5.16. The third-order valence-corrected chi connectivity index (χ3v) is 2.69. The Morgan fingerprint density at radius 3 is 2.06 bits per heavy atom. The molecule has 0 radical (unpaired) electrons. The third-order valence-electron chi connectivity index (χ3n) is 2.69. The highest BCUT2D eigenvalue weighted by atomic mass is 16.3. The predicted molar refractivity (Wildman–Crippen MR) is 72.5 cm³/mol. The van der Waals surface area contributed by atoms with Crippen molar-refractivity contribution in [3.05, 3.63) is 34.4 Å². The molecule has 0 heterocycles. The summed E-state index contributed by atoms with van der Waals surface area (Å²) in [7, 11) is 0. The molecule has 1 N–H and O–H groups in total. The lowest BCUT2D eigenvalue weighted by atomic mass is 10.0. The Morgan fingerprint density at radius 1 is 1.00 bits per heavy atom. The standard InChI is InChI=1S/C15H26O/c1-12(2)7-6-8-14(5)9-10-15(11-16)13(3)4/h7,9,16H,6,8,10-11H2,1-5H3/b14-9+. The average molecular weight is 222 g/mol. The summed E-state index contributed by atoms with van der Waals surface area (Å²) in [5, 5.41) is 9.16. The highest BCUT2D eigenvalue weighted by Gasteiger charge is 1.96. The van der Waals surface area contributed by atoms with E-state index in [0.717, 1.165) is 24.8 Å². The van der Waals surface area contributed by atoms with Gasteiger partial charge in [0.05, 0.1) is 6.61 Å². The minimum atomic E-state index is 0.181. The molecule has 0 unspecified atom stereocenters. The van der Waals surface area contributed by atoms with Crippen LogP contribution in [-0.4, -0.2) is 11.7 Å². The quantitative estimate of drug-likeness (QED) is 0.660. The first-order valence-electron chi connectivity index (χ1n) is 6.02. The van der Waals surface area contributed by atoms with Gasteiger partial charge in [0.15, 0.2) is 0 Å². The van der Waals surface area contributed by atoms with Crippen LogP contribution in [-0.2, 0) is 0 Å². The molecule has 0 aliphatic rings. The van der Waals surface area contributed by atoms with Crippen LogP contribution in [0.5, 0.6) is 0 Å². The summed E-state index contributed by atoms with van der Waals surface area (Å²) in [4.78, 5) is 0. The molecular formula is C15H26O. The van der Waals surface area contributed by atoms with Gasteiger partial charge in [-0.05, 0) is 59.5 Å². The summed E-state index contributed by atoms with van der Waals surface area (Å²) in [6, 6.07) is 0. The van der Waals surface area contributed by atoms with Gasteiger partial charge < -0.3 is 5.11 Å². The van der Waals surface area contributed by atoms with E-state index in [1.807, 2.05) is 0 Å². The molecule has 0 fully saturated rings. The van der Waals surface area contributed by atoms with Crippen molar-refractivity contribution in [3.63, 3.8) is 0 Å². The van der Waals surface area contributed by atoms with E-state index in [9.17, 15) is 0 Å². The molecule has 1 heteroatoms. The summed E-state index contributed by atoms with van der Waals surface area (Å²) < 4.78 is 0. The smallest absolute Gasteiger partial charge is 0.0647 e. The van der Waals surface area contributed by atoms with Crippen LogP contribution < -0.4 is 0 Å². The third kappa shape index (κ3) is 7.47. The van der Waals surface area contributed by atoms with Crippen molar-refractivity contribution in [1.82, 2.24) is 0 Å². The van der Waals surface area contributed by atoms with Gasteiger partial charge in [0.2, 0.25) is 0 Å². The van der Waals surface area contributed by atoms with Crippen molar-refractivity contribution in [3.8, 4) is 0 Å². The Balaban J connectivity index is 4.14. The Bertz CT molecular complexity index is 285. The van der Waals surface area contributed by atoms with Gasteiger partial charge in [-0.2, -0.15) is 0 Å². The van der Waals surface area contributed by atoms with Gasteiger partial charge in [0.1, 0.15) is 0 Å². The van der Waals surface area contributed by atoms with Crippen LogP contribution >= 0.6 is 0 Å². The first-order valence-corrected chi connectivity index (χ1v) is 6.02. The second kappa shape index (κ2) is 8.35. The van der Waals surface area contributed by atoms with Gasteiger partial charge in [-0.15, -0.1) is 0 Å². The lowest BCUT2D eigenvalue weighted by molar-refractivity contribution is 0.327. The molecular weight excluding hydrogens is 196 g/mol. The molecule has 0 atom stereocenters. The minimum Gasteiger partial charge on any atom is -0.392 e. The number of hydrogen-bond donors (Lipinski definition) is 1. The molecule has 0 saturated heterocycles. The van der Waals surface area contributed by atoms with Crippen LogP contribution in [0, 0.1) is 0 Å². The number of aliphatic hydroxyl groups excluding tert-OH is 1. The van der Waals surface area contributed by atoms with Gasteiger partial charge in [0.25, 0.3) is 0 Å². The monoisotopic (exact) mass is 222 g/mol. The maximum absolute atomic E-state index is 9.16. The van der Waals surface area contributed by atoms with Crippen LogP contribution in [0.4, 0.5) is 0 Å². The zero-order valence-corrected chi connectivity index (χ0v) is 11.4. The van der Waals surface area contributed by atoms with E-state index in [-0.39, 0.29) is 6.61 Å². The van der Waals surface area contributed by atoms with Gasteiger partial charge >= 0.3 is 0 Å². The Morgan fingerprint density at radius 2 is 1.62 bits per heavy atom. The van der Waals surface area contributed by atoms with Crippen molar-refractivity contribution in [2.45, 2.75) is 53.9 Å². The van der Waals surface area contributed by atoms with Crippen molar-refractivity contribution in [1.29, 1.82) is 0 Å². The fourth-order valence-corrected chi connectivity index (χ4v) is 1.41. The Labute approximate surface area is 101 Å². The van der Waals surface area contributed by atoms with Crippen LogP contribution in [0.3, 0.4) is 0 Å². The van der Waals surface area contributed by atoms with E-state index >= 15 is 0 Å². The molecule has 0 saturated carbocycles. The molecule has 0 aliphatic heterocycles. The molecule has 0 aromatic carbocycles. The van der Waals surface area contributed by atoms with Crippen LogP contribution in [0.25, 0.3) is 0 Å². The fourth-order valence-electron chi connectivity index (χ4n) is 1.41. The number of aliphatic hydroxyl groups is 1. The van der Waals surface area contributed by atoms with Gasteiger partial charge in [0, 0.05) is 0 Å². The summed E-state index contributed by atoms with van der Waals surface area (Å²) in [5.74, 6) is 0. The van der Waals surface area contributed by atoms with Crippen molar-refractivity contribution >= 4 is 0 Å². The molecule has 16 heavy (non-hydrogen) atoms. The van der Waals surface area contributed by atoms with E-state index in [0.29, 0.717) is 0 Å². The zero-order chi connectivity index (χ0) is 12.6. The molecule has 0 amide bonds. The molecule has 92 valence electrons. The largest absolute Gasteiger partial charge is 0.392 e. The zero-order valence-electron chi connectivity index (χ0n) is 11.4. The summed E-state index contributed by atoms with van der Waals surface area (Å²) >= 11 is 0. The molecule has 0 spiro atoms. The molecule has 0 aromatic rings. The molecule has 0 bridgehead atoms. The maximum Gasteiger partial charge on any atom is 0.0647 e. The predicted octanol–water partition coefficient (Wildman–Crippen LogP) is 4.40. The SMILES string of the molecule is CC(C)=CCC/C(C)=C/CC(CO)=C(C)C. The molecule has 0 rings (SSSR count). The Kier molecular flexibility index (Phi) is 7.92. The first-order chi connectivity index (χ1) is 7.47. The van der Waals surface area contributed by atoms with E-state index in [4.69, 9.17) is 5.11 Å². The number of allylic oxidation sites excluding steroid dienone is 5. The summed E-state index contributed by atoms with van der Waals surface area (Å²) in [6.45, 7) is 10.7. The van der Waals surface area contributed by atoms with Crippen molar-refractivity contribution < 1.29 is 5.11 Å². The van der Waals surface area contributed by atoms with E-state index in [1.165, 1.54) is 16.7 Å². The highest BCUT2D eigenvalue weighted by Crippen LogP contribution is 2.13. The molecule has 0 aromatic heterocycles.